The van der Waals surface area contributed by atoms with Gasteiger partial charge in [-0.25, -0.2) is 0 Å². The molecule has 2 unspecified atom stereocenters. The predicted octanol–water partition coefficient (Wildman–Crippen LogP) is 3.85. The van der Waals surface area contributed by atoms with E-state index >= 15 is 0 Å². The average molecular weight is 436 g/mol. The molecule has 0 saturated carbocycles. The van der Waals surface area contributed by atoms with Crippen LogP contribution in [0.25, 0.3) is 0 Å². The molecule has 1 aromatic rings. The van der Waals surface area contributed by atoms with Crippen LogP contribution < -0.4 is 5.32 Å². The third-order valence-electron chi connectivity index (χ3n) is 5.58. The summed E-state index contributed by atoms with van der Waals surface area (Å²) in [6.07, 6.45) is 5.08. The molecule has 0 spiro atoms. The summed E-state index contributed by atoms with van der Waals surface area (Å²) in [4.78, 5) is 29.8. The SMILES string of the molecule is CCC=C(C)C(=O)N1CSCC1C(=O)NCC(c1cccc(Cl)c1)N1CCCC1. The maximum absolute atomic E-state index is 13.0. The lowest BCUT2D eigenvalue weighted by Crippen LogP contribution is -2.49. The molecule has 1 aromatic carbocycles. The number of nitrogens with zero attached hydrogens (tertiary/aromatic N) is 2. The number of benzene rings is 1. The lowest BCUT2D eigenvalue weighted by molar-refractivity contribution is -0.135. The zero-order valence-electron chi connectivity index (χ0n) is 17.2. The Morgan fingerprint density at radius 1 is 1.34 bits per heavy atom. The number of halogens is 1. The molecule has 29 heavy (non-hydrogen) atoms. The van der Waals surface area contributed by atoms with Gasteiger partial charge in [-0.1, -0.05) is 36.7 Å². The van der Waals surface area contributed by atoms with Crippen LogP contribution in [0.1, 0.15) is 44.7 Å². The molecular formula is C22H30ClN3O2S. The molecule has 0 aliphatic carbocycles. The van der Waals surface area contributed by atoms with Crippen molar-refractivity contribution in [3.05, 3.63) is 46.5 Å². The fourth-order valence-electron chi connectivity index (χ4n) is 4.02. The molecule has 2 amide bonds. The van der Waals surface area contributed by atoms with Gasteiger partial charge < -0.3 is 10.2 Å². The number of likely N-dealkylation sites (tertiary alicyclic amines) is 1. The second kappa shape index (κ2) is 10.5. The number of nitrogens with one attached hydrogen (secondary N) is 1. The Balaban J connectivity index is 1.68. The maximum Gasteiger partial charge on any atom is 0.250 e. The standard InChI is InChI=1S/C22H30ClN3O2S/c1-3-7-16(2)22(28)26-15-29-14-20(26)21(27)24-13-19(25-10-4-5-11-25)17-8-6-9-18(23)12-17/h6-9,12,19-20H,3-5,10-11,13-15H2,1-2H3,(H,24,27). The molecule has 5 nitrogen and oxygen atoms in total. The van der Waals surface area contributed by atoms with Crippen LogP contribution >= 0.6 is 23.4 Å². The van der Waals surface area contributed by atoms with Gasteiger partial charge in [-0.05, 0) is 57.0 Å². The first-order valence-electron chi connectivity index (χ1n) is 10.3. The number of thioether (sulfide) groups is 1. The molecule has 2 atom stereocenters. The average Bonchev–Trinajstić information content (AvgIpc) is 3.40. The molecule has 158 valence electrons. The Morgan fingerprint density at radius 2 is 2.10 bits per heavy atom. The van der Waals surface area contributed by atoms with Crippen molar-refractivity contribution in [3.8, 4) is 0 Å². The molecule has 2 heterocycles. The van der Waals surface area contributed by atoms with Crippen molar-refractivity contribution in [1.29, 1.82) is 0 Å². The molecular weight excluding hydrogens is 406 g/mol. The van der Waals surface area contributed by atoms with Crippen LogP contribution in [0.15, 0.2) is 35.9 Å². The summed E-state index contributed by atoms with van der Waals surface area (Å²) < 4.78 is 0. The normalized spacial score (nSPS) is 21.4. The molecule has 3 rings (SSSR count). The van der Waals surface area contributed by atoms with Crippen molar-refractivity contribution in [1.82, 2.24) is 15.1 Å². The second-order valence-corrected chi connectivity index (χ2v) is 9.08. The van der Waals surface area contributed by atoms with E-state index in [9.17, 15) is 9.59 Å². The highest BCUT2D eigenvalue weighted by Gasteiger charge is 2.35. The van der Waals surface area contributed by atoms with Crippen LogP contribution in [-0.2, 0) is 9.59 Å². The Kier molecular flexibility index (Phi) is 8.04. The minimum absolute atomic E-state index is 0.0389. The molecule has 7 heteroatoms. The van der Waals surface area contributed by atoms with Crippen LogP contribution in [0, 0.1) is 0 Å². The Bertz CT molecular complexity index is 764. The smallest absolute Gasteiger partial charge is 0.250 e. The predicted molar refractivity (Wildman–Crippen MR) is 120 cm³/mol. The Morgan fingerprint density at radius 3 is 2.79 bits per heavy atom. The van der Waals surface area contributed by atoms with E-state index in [-0.39, 0.29) is 17.9 Å². The second-order valence-electron chi connectivity index (χ2n) is 7.65. The number of hydrogen-bond donors (Lipinski definition) is 1. The summed E-state index contributed by atoms with van der Waals surface area (Å²) in [5, 5.41) is 3.83. The van der Waals surface area contributed by atoms with Gasteiger partial charge in [0, 0.05) is 22.9 Å². The number of amides is 2. The van der Waals surface area contributed by atoms with E-state index < -0.39 is 6.04 Å². The zero-order chi connectivity index (χ0) is 20.8. The lowest BCUT2D eigenvalue weighted by Gasteiger charge is -2.30. The van der Waals surface area contributed by atoms with Crippen molar-refractivity contribution in [3.63, 3.8) is 0 Å². The fraction of sp³-hybridized carbons (Fsp3) is 0.545. The topological polar surface area (TPSA) is 52.7 Å². The van der Waals surface area contributed by atoms with Crippen LogP contribution in [0.2, 0.25) is 5.02 Å². The van der Waals surface area contributed by atoms with Gasteiger partial charge in [0.25, 0.3) is 5.91 Å². The van der Waals surface area contributed by atoms with Gasteiger partial charge in [0.2, 0.25) is 5.91 Å². The van der Waals surface area contributed by atoms with Gasteiger partial charge >= 0.3 is 0 Å². The highest BCUT2D eigenvalue weighted by molar-refractivity contribution is 7.99. The maximum atomic E-state index is 13.0. The van der Waals surface area contributed by atoms with E-state index in [2.05, 4.69) is 16.3 Å². The van der Waals surface area contributed by atoms with Crippen molar-refractivity contribution in [2.24, 2.45) is 0 Å². The lowest BCUT2D eigenvalue weighted by atomic mass is 10.1. The van der Waals surface area contributed by atoms with Gasteiger partial charge in [-0.3, -0.25) is 14.5 Å². The first-order valence-corrected chi connectivity index (χ1v) is 11.9. The monoisotopic (exact) mass is 435 g/mol. The van der Waals surface area contributed by atoms with E-state index in [1.807, 2.05) is 38.1 Å². The molecule has 0 bridgehead atoms. The number of carbonyl (C=O) groups is 2. The molecule has 1 N–H and O–H groups in total. The highest BCUT2D eigenvalue weighted by Crippen LogP contribution is 2.27. The zero-order valence-corrected chi connectivity index (χ0v) is 18.8. The number of allylic oxidation sites excluding steroid dienone is 1. The summed E-state index contributed by atoms with van der Waals surface area (Å²) in [7, 11) is 0. The first-order chi connectivity index (χ1) is 14.0. The minimum Gasteiger partial charge on any atom is -0.352 e. The van der Waals surface area contributed by atoms with Crippen molar-refractivity contribution in [2.45, 2.75) is 45.2 Å². The quantitative estimate of drug-likeness (QED) is 0.661. The van der Waals surface area contributed by atoms with E-state index in [1.165, 1.54) is 12.8 Å². The summed E-state index contributed by atoms with van der Waals surface area (Å²) in [5.74, 6) is 1.10. The Labute approximate surface area is 182 Å². The summed E-state index contributed by atoms with van der Waals surface area (Å²) in [6.45, 7) is 6.41. The number of hydrogen-bond acceptors (Lipinski definition) is 4. The molecule has 2 saturated heterocycles. The summed E-state index contributed by atoms with van der Waals surface area (Å²) >= 11 is 7.84. The van der Waals surface area contributed by atoms with E-state index in [1.54, 1.807) is 16.7 Å². The third-order valence-corrected chi connectivity index (χ3v) is 6.83. The van der Waals surface area contributed by atoms with E-state index in [0.717, 1.165) is 25.1 Å². The Hall–Kier alpha value is -1.50. The third kappa shape index (κ3) is 5.56. The van der Waals surface area contributed by atoms with Gasteiger partial charge in [0.05, 0.1) is 11.9 Å². The van der Waals surface area contributed by atoms with Gasteiger partial charge in [0.1, 0.15) is 6.04 Å². The molecule has 2 fully saturated rings. The van der Waals surface area contributed by atoms with Crippen molar-refractivity contribution >= 4 is 35.2 Å². The number of carbonyl (C=O) groups excluding carboxylic acids is 2. The molecule has 0 aromatic heterocycles. The van der Waals surface area contributed by atoms with Crippen molar-refractivity contribution in [2.75, 3.05) is 31.3 Å². The summed E-state index contributed by atoms with van der Waals surface area (Å²) in [6, 6.07) is 7.57. The van der Waals surface area contributed by atoms with Crippen molar-refractivity contribution < 1.29 is 9.59 Å². The van der Waals surface area contributed by atoms with Crippen LogP contribution in [0.5, 0.6) is 0 Å². The largest absolute Gasteiger partial charge is 0.352 e. The first kappa shape index (κ1) is 22.2. The number of rotatable bonds is 7. The van der Waals surface area contributed by atoms with Crippen LogP contribution in [0.3, 0.4) is 0 Å². The highest BCUT2D eigenvalue weighted by atomic mass is 35.5. The van der Waals surface area contributed by atoms with E-state index in [4.69, 9.17) is 11.6 Å². The van der Waals surface area contributed by atoms with Crippen LogP contribution in [0.4, 0.5) is 0 Å². The van der Waals surface area contributed by atoms with Gasteiger partial charge in [-0.2, -0.15) is 0 Å². The van der Waals surface area contributed by atoms with E-state index in [0.29, 0.717) is 28.8 Å². The molecule has 2 aliphatic rings. The fourth-order valence-corrected chi connectivity index (χ4v) is 5.37. The van der Waals surface area contributed by atoms with Gasteiger partial charge in [0.15, 0.2) is 0 Å². The van der Waals surface area contributed by atoms with Gasteiger partial charge in [-0.15, -0.1) is 11.8 Å². The molecule has 0 radical (unpaired) electrons. The molecule has 2 aliphatic heterocycles. The summed E-state index contributed by atoms with van der Waals surface area (Å²) in [5.41, 5.74) is 1.83. The minimum atomic E-state index is -0.411. The van der Waals surface area contributed by atoms with Crippen LogP contribution in [-0.4, -0.2) is 58.9 Å².